The Hall–Kier alpha value is -0.570. The summed E-state index contributed by atoms with van der Waals surface area (Å²) in [6, 6.07) is 0. The molecule has 3 heteroatoms. The lowest BCUT2D eigenvalue weighted by Crippen LogP contribution is -2.33. The quantitative estimate of drug-likeness (QED) is 0.613. The van der Waals surface area contributed by atoms with Crippen LogP contribution >= 0.6 is 0 Å². The maximum absolute atomic E-state index is 11.9. The van der Waals surface area contributed by atoms with Gasteiger partial charge in [0.05, 0.1) is 13.0 Å². The van der Waals surface area contributed by atoms with Crippen molar-refractivity contribution in [1.82, 2.24) is 0 Å². The minimum atomic E-state index is 0.0334. The summed E-state index contributed by atoms with van der Waals surface area (Å²) in [5, 5.41) is 9.47. The van der Waals surface area contributed by atoms with Crippen LogP contribution in [-0.4, -0.2) is 24.8 Å². The number of carbonyl (C=O) groups excluding carboxylic acids is 1. The molecule has 8 unspecified atom stereocenters. The first-order valence-electron chi connectivity index (χ1n) is 7.91. The molecule has 8 atom stereocenters. The highest BCUT2D eigenvalue weighted by molar-refractivity contribution is 5.73. The number of hydrogen-bond donors (Lipinski definition) is 1. The Balaban J connectivity index is 1.59. The number of ether oxygens (including phenoxy) is 1. The van der Waals surface area contributed by atoms with Crippen LogP contribution in [0.25, 0.3) is 0 Å². The molecule has 0 aromatic heterocycles. The van der Waals surface area contributed by atoms with Gasteiger partial charge in [-0.25, -0.2) is 0 Å². The Morgan fingerprint density at radius 1 is 1.05 bits per heavy atom. The van der Waals surface area contributed by atoms with Gasteiger partial charge in [0.25, 0.3) is 0 Å². The van der Waals surface area contributed by atoms with Crippen molar-refractivity contribution >= 4 is 5.97 Å². The topological polar surface area (TPSA) is 46.5 Å². The van der Waals surface area contributed by atoms with Crippen molar-refractivity contribution in [3.05, 3.63) is 0 Å². The van der Waals surface area contributed by atoms with E-state index in [1.165, 1.54) is 32.8 Å². The summed E-state index contributed by atoms with van der Waals surface area (Å²) in [6.45, 7) is 0.363. The third-order valence-corrected chi connectivity index (χ3v) is 6.86. The molecule has 4 saturated carbocycles. The number of rotatable bonds is 2. The maximum Gasteiger partial charge on any atom is 0.308 e. The van der Waals surface area contributed by atoms with E-state index in [1.54, 1.807) is 0 Å². The van der Waals surface area contributed by atoms with E-state index in [4.69, 9.17) is 4.74 Å². The van der Waals surface area contributed by atoms with Crippen molar-refractivity contribution in [3.8, 4) is 0 Å². The smallest absolute Gasteiger partial charge is 0.308 e. The van der Waals surface area contributed by atoms with Crippen LogP contribution in [0.5, 0.6) is 0 Å². The lowest BCUT2D eigenvalue weighted by molar-refractivity contribution is -0.148. The van der Waals surface area contributed by atoms with Crippen LogP contribution in [0.1, 0.15) is 32.1 Å². The molecule has 4 aliphatic carbocycles. The van der Waals surface area contributed by atoms with E-state index in [9.17, 15) is 9.90 Å². The van der Waals surface area contributed by atoms with Gasteiger partial charge in [-0.05, 0) is 73.5 Å². The van der Waals surface area contributed by atoms with E-state index >= 15 is 0 Å². The molecule has 0 aliphatic heterocycles. The van der Waals surface area contributed by atoms with Crippen molar-refractivity contribution in [2.45, 2.75) is 32.1 Å². The highest BCUT2D eigenvalue weighted by Crippen LogP contribution is 2.68. The minimum Gasteiger partial charge on any atom is -0.469 e. The summed E-state index contributed by atoms with van der Waals surface area (Å²) in [6.07, 6.45) is 6.15. The Labute approximate surface area is 114 Å². The molecule has 0 heterocycles. The highest BCUT2D eigenvalue weighted by atomic mass is 16.5. The second-order valence-electron chi connectivity index (χ2n) is 7.46. The molecule has 0 aromatic carbocycles. The van der Waals surface area contributed by atoms with Crippen molar-refractivity contribution in [2.24, 2.45) is 47.3 Å². The molecule has 4 bridgehead atoms. The zero-order chi connectivity index (χ0) is 13.1. The molecule has 4 rings (SSSR count). The molecule has 0 spiro atoms. The Morgan fingerprint density at radius 3 is 2.42 bits per heavy atom. The van der Waals surface area contributed by atoms with Crippen molar-refractivity contribution < 1.29 is 14.6 Å². The van der Waals surface area contributed by atoms with Gasteiger partial charge < -0.3 is 9.84 Å². The van der Waals surface area contributed by atoms with Gasteiger partial charge in [0.1, 0.15) is 0 Å². The van der Waals surface area contributed by atoms with E-state index < -0.39 is 0 Å². The normalized spacial score (nSPS) is 54.2. The van der Waals surface area contributed by atoms with E-state index in [0.717, 1.165) is 36.0 Å². The van der Waals surface area contributed by atoms with Gasteiger partial charge in [0.15, 0.2) is 0 Å². The molecule has 4 aliphatic rings. The standard InChI is InChI=1S/C16H24O3/c1-19-16(18)13-6-11-5-12(13)15-10-3-8(7-17)2-9(4-10)14(11)15/h8-15,17H,2-7H2,1H3. The van der Waals surface area contributed by atoms with Crippen molar-refractivity contribution in [1.29, 1.82) is 0 Å². The molecule has 1 N–H and O–H groups in total. The van der Waals surface area contributed by atoms with Gasteiger partial charge in [-0.3, -0.25) is 4.79 Å². The summed E-state index contributed by atoms with van der Waals surface area (Å²) in [5.41, 5.74) is 0. The molecule has 0 saturated heterocycles. The zero-order valence-corrected chi connectivity index (χ0v) is 11.6. The summed E-state index contributed by atoms with van der Waals surface area (Å²) in [5.74, 6) is 5.37. The number of aliphatic hydroxyl groups excluding tert-OH is 1. The number of fused-ring (bicyclic) bond motifs is 9. The van der Waals surface area contributed by atoms with E-state index in [1.807, 2.05) is 0 Å². The van der Waals surface area contributed by atoms with Crippen LogP contribution in [0.2, 0.25) is 0 Å². The van der Waals surface area contributed by atoms with Crippen molar-refractivity contribution in [3.63, 3.8) is 0 Å². The Kier molecular flexibility index (Phi) is 2.70. The second-order valence-corrected chi connectivity index (χ2v) is 7.46. The fourth-order valence-corrected chi connectivity index (χ4v) is 6.55. The minimum absolute atomic E-state index is 0.0334. The molecule has 19 heavy (non-hydrogen) atoms. The van der Waals surface area contributed by atoms with Crippen LogP contribution in [0.4, 0.5) is 0 Å². The molecule has 106 valence electrons. The maximum atomic E-state index is 11.9. The first-order valence-corrected chi connectivity index (χ1v) is 7.91. The molecular weight excluding hydrogens is 240 g/mol. The molecule has 0 radical (unpaired) electrons. The van der Waals surface area contributed by atoms with E-state index in [2.05, 4.69) is 0 Å². The average molecular weight is 264 g/mol. The third-order valence-electron chi connectivity index (χ3n) is 6.86. The van der Waals surface area contributed by atoms with Crippen molar-refractivity contribution in [2.75, 3.05) is 13.7 Å². The molecule has 0 aromatic rings. The second kappa shape index (κ2) is 4.21. The summed E-state index contributed by atoms with van der Waals surface area (Å²) in [4.78, 5) is 11.9. The summed E-state index contributed by atoms with van der Waals surface area (Å²) < 4.78 is 5.01. The van der Waals surface area contributed by atoms with Gasteiger partial charge in [-0.2, -0.15) is 0 Å². The van der Waals surface area contributed by atoms with Crippen LogP contribution in [-0.2, 0) is 9.53 Å². The Bertz CT molecular complexity index is 393. The lowest BCUT2D eigenvalue weighted by Gasteiger charge is -2.33. The lowest BCUT2D eigenvalue weighted by atomic mass is 9.72. The fourth-order valence-electron chi connectivity index (χ4n) is 6.55. The van der Waals surface area contributed by atoms with Gasteiger partial charge in [0.2, 0.25) is 0 Å². The van der Waals surface area contributed by atoms with Gasteiger partial charge in [-0.1, -0.05) is 0 Å². The number of methoxy groups -OCH3 is 1. The number of aliphatic hydroxyl groups is 1. The Morgan fingerprint density at radius 2 is 1.74 bits per heavy atom. The van der Waals surface area contributed by atoms with Crippen LogP contribution < -0.4 is 0 Å². The number of carbonyl (C=O) groups is 1. The third kappa shape index (κ3) is 1.57. The molecular formula is C16H24O3. The fraction of sp³-hybridized carbons (Fsp3) is 0.938. The van der Waals surface area contributed by atoms with Crippen LogP contribution in [0, 0.1) is 47.3 Å². The first-order chi connectivity index (χ1) is 9.22. The highest BCUT2D eigenvalue weighted by Gasteiger charge is 2.63. The van der Waals surface area contributed by atoms with Gasteiger partial charge in [-0.15, -0.1) is 0 Å². The SMILES string of the molecule is COC(=O)C1CC2CC1C1C3CC(CO)CC(C3)C21. The van der Waals surface area contributed by atoms with Gasteiger partial charge in [0, 0.05) is 6.61 Å². The van der Waals surface area contributed by atoms with Crippen LogP contribution in [0.15, 0.2) is 0 Å². The first kappa shape index (κ1) is 12.2. The van der Waals surface area contributed by atoms with E-state index in [0.29, 0.717) is 18.4 Å². The van der Waals surface area contributed by atoms with E-state index in [-0.39, 0.29) is 11.9 Å². The predicted molar refractivity (Wildman–Crippen MR) is 70.1 cm³/mol. The summed E-state index contributed by atoms with van der Waals surface area (Å²) >= 11 is 0. The monoisotopic (exact) mass is 264 g/mol. The number of esters is 1. The zero-order valence-electron chi connectivity index (χ0n) is 11.6. The molecule has 0 amide bonds. The molecule has 4 fully saturated rings. The predicted octanol–water partition coefficient (Wildman–Crippen LogP) is 2.09. The largest absolute Gasteiger partial charge is 0.469 e. The number of hydrogen-bond acceptors (Lipinski definition) is 3. The summed E-state index contributed by atoms with van der Waals surface area (Å²) in [7, 11) is 1.53. The van der Waals surface area contributed by atoms with Crippen LogP contribution in [0.3, 0.4) is 0 Å². The molecule has 3 nitrogen and oxygen atoms in total. The van der Waals surface area contributed by atoms with Gasteiger partial charge >= 0.3 is 5.97 Å². The average Bonchev–Trinajstić information content (AvgIpc) is 3.09.